The number of rotatable bonds is 7. The standard InChI is InChI=1S/C29H27F2N3O5S/c30-20-12-10-19(11-13-20)27(28(36)32-22-6-2-1-3-7-22)34(23-16-14-21(31)15-17-23)26(35)18-33-29(37)24-8-4-5-9-25(24)40(33,38)39/h4-5,8-17,22,27H,1-3,6-7,18H2,(H,32,36)/t27-/m1/s1. The van der Waals surface area contributed by atoms with E-state index in [4.69, 9.17) is 0 Å². The van der Waals surface area contributed by atoms with Gasteiger partial charge in [0.1, 0.15) is 29.1 Å². The minimum atomic E-state index is -4.33. The molecule has 0 radical (unpaired) electrons. The van der Waals surface area contributed by atoms with E-state index in [1.165, 1.54) is 48.5 Å². The van der Waals surface area contributed by atoms with Crippen molar-refractivity contribution in [1.29, 1.82) is 0 Å². The molecule has 2 aliphatic rings. The number of carbonyl (C=O) groups excluding carboxylic acids is 3. The van der Waals surface area contributed by atoms with Crippen molar-refractivity contribution in [2.24, 2.45) is 0 Å². The second kappa shape index (κ2) is 11.2. The average molecular weight is 568 g/mol. The summed E-state index contributed by atoms with van der Waals surface area (Å²) in [5.74, 6) is -3.47. The maximum Gasteiger partial charge on any atom is 0.269 e. The van der Waals surface area contributed by atoms with Crippen molar-refractivity contribution in [3.05, 3.63) is 95.6 Å². The average Bonchev–Trinajstić information content (AvgIpc) is 3.14. The molecule has 1 fully saturated rings. The maximum absolute atomic E-state index is 14.0. The van der Waals surface area contributed by atoms with Crippen LogP contribution >= 0.6 is 0 Å². The number of benzene rings is 3. The van der Waals surface area contributed by atoms with E-state index in [-0.39, 0.29) is 27.8 Å². The van der Waals surface area contributed by atoms with Gasteiger partial charge in [0.2, 0.25) is 11.8 Å². The predicted molar refractivity (Wildman–Crippen MR) is 143 cm³/mol. The van der Waals surface area contributed by atoms with Crippen LogP contribution in [0.15, 0.2) is 77.7 Å². The van der Waals surface area contributed by atoms with Gasteiger partial charge in [-0.3, -0.25) is 19.3 Å². The fourth-order valence-corrected chi connectivity index (χ4v) is 6.73. The van der Waals surface area contributed by atoms with Gasteiger partial charge < -0.3 is 5.32 Å². The Bertz CT molecular complexity index is 1540. The Balaban J connectivity index is 1.55. The molecule has 1 N–H and O–H groups in total. The smallest absolute Gasteiger partial charge is 0.269 e. The third-order valence-corrected chi connectivity index (χ3v) is 9.00. The molecule has 3 aromatic carbocycles. The summed E-state index contributed by atoms with van der Waals surface area (Å²) in [6.45, 7) is -0.901. The summed E-state index contributed by atoms with van der Waals surface area (Å²) in [5.41, 5.74) is 0.293. The summed E-state index contributed by atoms with van der Waals surface area (Å²) in [4.78, 5) is 41.6. The van der Waals surface area contributed by atoms with Crippen LogP contribution in [0.2, 0.25) is 0 Å². The van der Waals surface area contributed by atoms with E-state index in [9.17, 15) is 31.6 Å². The number of nitrogens with one attached hydrogen (secondary N) is 1. The minimum Gasteiger partial charge on any atom is -0.351 e. The van der Waals surface area contributed by atoms with Crippen molar-refractivity contribution in [2.75, 3.05) is 11.4 Å². The molecule has 1 saturated carbocycles. The van der Waals surface area contributed by atoms with Crippen molar-refractivity contribution in [3.8, 4) is 0 Å². The number of fused-ring (bicyclic) bond motifs is 1. The minimum absolute atomic E-state index is 0.0613. The molecule has 3 amide bonds. The van der Waals surface area contributed by atoms with Crippen LogP contribution in [0, 0.1) is 11.6 Å². The Hall–Kier alpha value is -4.12. The molecule has 0 bridgehead atoms. The first-order valence-corrected chi connectivity index (χ1v) is 14.4. The summed E-state index contributed by atoms with van der Waals surface area (Å²) in [5, 5.41) is 2.98. The molecule has 0 spiro atoms. The molecule has 208 valence electrons. The van der Waals surface area contributed by atoms with Crippen molar-refractivity contribution in [1.82, 2.24) is 9.62 Å². The van der Waals surface area contributed by atoms with E-state index in [0.717, 1.165) is 61.3 Å². The van der Waals surface area contributed by atoms with E-state index < -0.39 is 52.0 Å². The van der Waals surface area contributed by atoms with Gasteiger partial charge in [0.25, 0.3) is 15.9 Å². The highest BCUT2D eigenvalue weighted by atomic mass is 32.2. The van der Waals surface area contributed by atoms with Crippen LogP contribution in [-0.4, -0.2) is 43.0 Å². The van der Waals surface area contributed by atoms with Crippen LogP contribution < -0.4 is 10.2 Å². The Morgan fingerprint density at radius 1 is 0.900 bits per heavy atom. The number of halogens is 2. The predicted octanol–water partition coefficient (Wildman–Crippen LogP) is 4.33. The molecule has 1 heterocycles. The van der Waals surface area contributed by atoms with E-state index in [1.54, 1.807) is 0 Å². The molecule has 1 atom stereocenters. The van der Waals surface area contributed by atoms with E-state index in [2.05, 4.69) is 5.32 Å². The largest absolute Gasteiger partial charge is 0.351 e. The fraction of sp³-hybridized carbons (Fsp3) is 0.276. The zero-order valence-corrected chi connectivity index (χ0v) is 22.2. The van der Waals surface area contributed by atoms with Gasteiger partial charge in [-0.05, 0) is 66.9 Å². The maximum atomic E-state index is 14.0. The Kier molecular flexibility index (Phi) is 7.66. The quantitative estimate of drug-likeness (QED) is 0.458. The van der Waals surface area contributed by atoms with Crippen LogP contribution in [0.4, 0.5) is 14.5 Å². The molecule has 1 aliphatic heterocycles. The second-order valence-electron chi connectivity index (χ2n) is 9.85. The number of sulfonamides is 1. The van der Waals surface area contributed by atoms with Crippen LogP contribution in [0.25, 0.3) is 0 Å². The highest BCUT2D eigenvalue weighted by Gasteiger charge is 2.44. The lowest BCUT2D eigenvalue weighted by Crippen LogP contribution is -2.50. The Morgan fingerprint density at radius 3 is 2.12 bits per heavy atom. The molecular formula is C29H27F2N3O5S. The topological polar surface area (TPSA) is 104 Å². The summed E-state index contributed by atoms with van der Waals surface area (Å²) < 4.78 is 54.5. The zero-order valence-electron chi connectivity index (χ0n) is 21.4. The Morgan fingerprint density at radius 2 is 1.50 bits per heavy atom. The third kappa shape index (κ3) is 5.33. The number of hydrogen-bond acceptors (Lipinski definition) is 5. The lowest BCUT2D eigenvalue weighted by atomic mass is 9.94. The number of nitrogens with zero attached hydrogens (tertiary/aromatic N) is 2. The molecule has 5 rings (SSSR count). The summed E-state index contributed by atoms with van der Waals surface area (Å²) in [6, 6.07) is 13.9. The van der Waals surface area contributed by atoms with Crippen molar-refractivity contribution >= 4 is 33.4 Å². The van der Waals surface area contributed by atoms with Crippen LogP contribution in [0.5, 0.6) is 0 Å². The highest BCUT2D eigenvalue weighted by Crippen LogP contribution is 2.33. The molecule has 8 nitrogen and oxygen atoms in total. The van der Waals surface area contributed by atoms with Gasteiger partial charge in [0.05, 0.1) is 5.56 Å². The van der Waals surface area contributed by atoms with Crippen molar-refractivity contribution in [2.45, 2.75) is 49.1 Å². The van der Waals surface area contributed by atoms with Crippen LogP contribution in [0.1, 0.15) is 54.1 Å². The molecule has 40 heavy (non-hydrogen) atoms. The van der Waals surface area contributed by atoms with E-state index in [0.29, 0.717) is 4.31 Å². The van der Waals surface area contributed by atoms with Gasteiger partial charge in [-0.25, -0.2) is 21.5 Å². The fourth-order valence-electron chi connectivity index (χ4n) is 5.21. The summed E-state index contributed by atoms with van der Waals surface area (Å²) in [7, 11) is -4.33. The van der Waals surface area contributed by atoms with Gasteiger partial charge in [0, 0.05) is 11.7 Å². The van der Waals surface area contributed by atoms with Gasteiger partial charge in [0.15, 0.2) is 0 Å². The molecule has 0 aromatic heterocycles. The summed E-state index contributed by atoms with van der Waals surface area (Å²) >= 11 is 0. The number of hydrogen-bond donors (Lipinski definition) is 1. The number of carbonyl (C=O) groups is 3. The normalized spacial score (nSPS) is 17.2. The van der Waals surface area contributed by atoms with E-state index >= 15 is 0 Å². The molecule has 11 heteroatoms. The lowest BCUT2D eigenvalue weighted by molar-refractivity contribution is -0.127. The lowest BCUT2D eigenvalue weighted by Gasteiger charge is -2.34. The first-order valence-electron chi connectivity index (χ1n) is 13.0. The second-order valence-corrected chi connectivity index (χ2v) is 11.7. The van der Waals surface area contributed by atoms with Gasteiger partial charge in [-0.2, -0.15) is 0 Å². The highest BCUT2D eigenvalue weighted by molar-refractivity contribution is 7.90. The van der Waals surface area contributed by atoms with E-state index in [1.807, 2.05) is 0 Å². The van der Waals surface area contributed by atoms with Gasteiger partial charge in [-0.1, -0.05) is 43.5 Å². The molecule has 0 unspecified atom stereocenters. The van der Waals surface area contributed by atoms with Crippen molar-refractivity contribution < 1.29 is 31.6 Å². The molecule has 0 saturated heterocycles. The molecular weight excluding hydrogens is 540 g/mol. The van der Waals surface area contributed by atoms with Crippen LogP contribution in [0.3, 0.4) is 0 Å². The van der Waals surface area contributed by atoms with Crippen molar-refractivity contribution in [3.63, 3.8) is 0 Å². The van der Waals surface area contributed by atoms with Gasteiger partial charge in [-0.15, -0.1) is 0 Å². The zero-order chi connectivity index (χ0) is 28.4. The van der Waals surface area contributed by atoms with Gasteiger partial charge >= 0.3 is 0 Å². The first kappa shape index (κ1) is 27.4. The molecule has 1 aliphatic carbocycles. The SMILES string of the molecule is O=C(NC1CCCCC1)[C@@H](c1ccc(F)cc1)N(C(=O)CN1C(=O)c2ccccc2S1(=O)=O)c1ccc(F)cc1. The summed E-state index contributed by atoms with van der Waals surface area (Å²) in [6.07, 6.45) is 4.43. The number of anilines is 1. The third-order valence-electron chi connectivity index (χ3n) is 7.21. The first-order chi connectivity index (χ1) is 19.2. The Labute approximate surface area is 230 Å². The molecule has 3 aromatic rings. The monoisotopic (exact) mass is 567 g/mol. The van der Waals surface area contributed by atoms with Crippen LogP contribution in [-0.2, 0) is 19.6 Å². The number of amides is 3.